The molecule has 160 valence electrons. The minimum absolute atomic E-state index is 0.167. The predicted octanol–water partition coefficient (Wildman–Crippen LogP) is 1.97. The molecule has 2 aromatic carbocycles. The normalized spacial score (nSPS) is 17.9. The summed E-state index contributed by atoms with van der Waals surface area (Å²) in [6, 6.07) is 11.3. The van der Waals surface area contributed by atoms with E-state index >= 15 is 0 Å². The molecule has 8 nitrogen and oxygen atoms in total. The summed E-state index contributed by atoms with van der Waals surface area (Å²) >= 11 is 0. The Morgan fingerprint density at radius 3 is 2.33 bits per heavy atom. The van der Waals surface area contributed by atoms with Gasteiger partial charge in [0.15, 0.2) is 11.5 Å². The van der Waals surface area contributed by atoms with Crippen LogP contribution in [0, 0.1) is 0 Å². The van der Waals surface area contributed by atoms with Crippen LogP contribution in [-0.2, 0) is 14.8 Å². The van der Waals surface area contributed by atoms with Crippen molar-refractivity contribution in [1.29, 1.82) is 0 Å². The number of nitrogens with zero attached hydrogens (tertiary/aromatic N) is 1. The standard InChI is InChI=1S/C21H24N2O6S/c1-15(17-4-7-19-20(14-17)29-13-12-28-19)22-21(24)16-2-5-18(6-3-16)30(25,26)23-8-10-27-11-9-23/h2-7,14-15H,8-13H2,1H3,(H,22,24)/t15-/m1/s1. The summed E-state index contributed by atoms with van der Waals surface area (Å²) in [6.45, 7) is 4.33. The van der Waals surface area contributed by atoms with Gasteiger partial charge in [0.25, 0.3) is 5.91 Å². The van der Waals surface area contributed by atoms with Gasteiger partial charge < -0.3 is 19.5 Å². The zero-order valence-corrected chi connectivity index (χ0v) is 17.5. The molecular weight excluding hydrogens is 408 g/mol. The van der Waals surface area contributed by atoms with Crippen LogP contribution in [0.5, 0.6) is 11.5 Å². The lowest BCUT2D eigenvalue weighted by molar-refractivity contribution is 0.0730. The van der Waals surface area contributed by atoms with E-state index in [-0.39, 0.29) is 16.8 Å². The largest absolute Gasteiger partial charge is 0.486 e. The molecule has 2 aromatic rings. The Hall–Kier alpha value is -2.62. The van der Waals surface area contributed by atoms with E-state index in [2.05, 4.69) is 5.32 Å². The number of carbonyl (C=O) groups excluding carboxylic acids is 1. The molecule has 0 aliphatic carbocycles. The second-order valence-corrected chi connectivity index (χ2v) is 9.08. The van der Waals surface area contributed by atoms with Gasteiger partial charge in [0.1, 0.15) is 13.2 Å². The summed E-state index contributed by atoms with van der Waals surface area (Å²) in [4.78, 5) is 12.8. The minimum Gasteiger partial charge on any atom is -0.486 e. The summed E-state index contributed by atoms with van der Waals surface area (Å²) in [5.41, 5.74) is 1.28. The van der Waals surface area contributed by atoms with Crippen LogP contribution in [-0.4, -0.2) is 58.1 Å². The topological polar surface area (TPSA) is 94.2 Å². The van der Waals surface area contributed by atoms with Crippen molar-refractivity contribution in [3.05, 3.63) is 53.6 Å². The molecule has 0 bridgehead atoms. The number of fused-ring (bicyclic) bond motifs is 1. The molecule has 0 radical (unpaired) electrons. The lowest BCUT2D eigenvalue weighted by atomic mass is 10.1. The van der Waals surface area contributed by atoms with Crippen molar-refractivity contribution in [2.75, 3.05) is 39.5 Å². The third kappa shape index (κ3) is 4.28. The first kappa shape index (κ1) is 20.6. The summed E-state index contributed by atoms with van der Waals surface area (Å²) < 4.78 is 43.1. The van der Waals surface area contributed by atoms with Crippen LogP contribution in [0.4, 0.5) is 0 Å². The quantitative estimate of drug-likeness (QED) is 0.776. The fourth-order valence-electron chi connectivity index (χ4n) is 3.41. The Bertz CT molecular complexity index is 1020. The van der Waals surface area contributed by atoms with Gasteiger partial charge in [-0.1, -0.05) is 6.07 Å². The highest BCUT2D eigenvalue weighted by Gasteiger charge is 2.26. The van der Waals surface area contributed by atoms with Gasteiger partial charge in [0.05, 0.1) is 24.2 Å². The van der Waals surface area contributed by atoms with Crippen molar-refractivity contribution in [3.8, 4) is 11.5 Å². The van der Waals surface area contributed by atoms with Crippen LogP contribution in [0.2, 0.25) is 0 Å². The molecule has 1 fully saturated rings. The number of nitrogens with one attached hydrogen (secondary N) is 1. The number of morpholine rings is 1. The van der Waals surface area contributed by atoms with Gasteiger partial charge in [-0.15, -0.1) is 0 Å². The third-order valence-electron chi connectivity index (χ3n) is 5.14. The highest BCUT2D eigenvalue weighted by molar-refractivity contribution is 7.89. The fourth-order valence-corrected chi connectivity index (χ4v) is 4.81. The molecule has 4 rings (SSSR count). The van der Waals surface area contributed by atoms with Crippen molar-refractivity contribution in [2.45, 2.75) is 17.9 Å². The molecule has 0 spiro atoms. The number of sulfonamides is 1. The molecule has 1 amide bonds. The molecule has 2 aliphatic heterocycles. The molecule has 0 aromatic heterocycles. The van der Waals surface area contributed by atoms with Gasteiger partial charge in [-0.2, -0.15) is 4.31 Å². The average molecular weight is 432 g/mol. The Labute approximate surface area is 175 Å². The van der Waals surface area contributed by atoms with Crippen LogP contribution < -0.4 is 14.8 Å². The smallest absolute Gasteiger partial charge is 0.251 e. The lowest BCUT2D eigenvalue weighted by Gasteiger charge is -2.26. The van der Waals surface area contributed by atoms with Gasteiger partial charge in [0, 0.05) is 18.7 Å². The number of carbonyl (C=O) groups is 1. The monoisotopic (exact) mass is 432 g/mol. The van der Waals surface area contributed by atoms with Crippen LogP contribution >= 0.6 is 0 Å². The van der Waals surface area contributed by atoms with E-state index in [9.17, 15) is 13.2 Å². The highest BCUT2D eigenvalue weighted by Crippen LogP contribution is 2.32. The van der Waals surface area contributed by atoms with E-state index < -0.39 is 10.0 Å². The fraction of sp³-hybridized carbons (Fsp3) is 0.381. The summed E-state index contributed by atoms with van der Waals surface area (Å²) in [5.74, 6) is 1.07. The third-order valence-corrected chi connectivity index (χ3v) is 7.05. The first-order valence-corrected chi connectivity index (χ1v) is 11.3. The molecule has 30 heavy (non-hydrogen) atoms. The van der Waals surface area contributed by atoms with Crippen LogP contribution in [0.1, 0.15) is 28.9 Å². The number of hydrogen-bond donors (Lipinski definition) is 1. The van der Waals surface area contributed by atoms with E-state index in [4.69, 9.17) is 14.2 Å². The summed E-state index contributed by atoms with van der Waals surface area (Å²) in [7, 11) is -3.58. The Kier molecular flexibility index (Phi) is 5.94. The van der Waals surface area contributed by atoms with Gasteiger partial charge in [-0.25, -0.2) is 8.42 Å². The minimum atomic E-state index is -3.58. The van der Waals surface area contributed by atoms with Crippen molar-refractivity contribution in [3.63, 3.8) is 0 Å². The van der Waals surface area contributed by atoms with Crippen LogP contribution in [0.15, 0.2) is 47.4 Å². The van der Waals surface area contributed by atoms with Crippen molar-refractivity contribution >= 4 is 15.9 Å². The van der Waals surface area contributed by atoms with Gasteiger partial charge in [-0.3, -0.25) is 4.79 Å². The van der Waals surface area contributed by atoms with Crippen molar-refractivity contribution < 1.29 is 27.4 Å². The second-order valence-electron chi connectivity index (χ2n) is 7.14. The number of benzene rings is 2. The highest BCUT2D eigenvalue weighted by atomic mass is 32.2. The average Bonchev–Trinajstić information content (AvgIpc) is 2.79. The van der Waals surface area contributed by atoms with Crippen molar-refractivity contribution in [2.24, 2.45) is 0 Å². The summed E-state index contributed by atoms with van der Waals surface area (Å²) in [6.07, 6.45) is 0. The SMILES string of the molecule is C[C@@H](NC(=O)c1ccc(S(=O)(=O)N2CCOCC2)cc1)c1ccc2c(c1)OCCO2. The maximum absolute atomic E-state index is 12.7. The molecular formula is C21H24N2O6S. The summed E-state index contributed by atoms with van der Waals surface area (Å²) in [5, 5.41) is 2.93. The molecule has 2 aliphatic rings. The Balaban J connectivity index is 1.43. The van der Waals surface area contributed by atoms with E-state index in [0.29, 0.717) is 56.6 Å². The maximum Gasteiger partial charge on any atom is 0.251 e. The number of rotatable bonds is 5. The molecule has 2 heterocycles. The Morgan fingerprint density at radius 2 is 1.63 bits per heavy atom. The second kappa shape index (κ2) is 8.63. The van der Waals surface area contributed by atoms with E-state index in [0.717, 1.165) is 5.56 Å². The van der Waals surface area contributed by atoms with Gasteiger partial charge in [0.2, 0.25) is 10.0 Å². The zero-order valence-electron chi connectivity index (χ0n) is 16.7. The van der Waals surface area contributed by atoms with Crippen LogP contribution in [0.25, 0.3) is 0 Å². The van der Waals surface area contributed by atoms with Gasteiger partial charge in [-0.05, 0) is 48.9 Å². The van der Waals surface area contributed by atoms with Crippen LogP contribution in [0.3, 0.4) is 0 Å². The van der Waals surface area contributed by atoms with E-state index in [1.165, 1.54) is 28.6 Å². The van der Waals surface area contributed by atoms with Gasteiger partial charge >= 0.3 is 0 Å². The zero-order chi connectivity index (χ0) is 21.1. The Morgan fingerprint density at radius 1 is 0.967 bits per heavy atom. The number of hydrogen-bond acceptors (Lipinski definition) is 6. The van der Waals surface area contributed by atoms with E-state index in [1.54, 1.807) is 0 Å². The first-order chi connectivity index (χ1) is 14.4. The molecule has 0 saturated carbocycles. The molecule has 1 atom stereocenters. The molecule has 9 heteroatoms. The van der Waals surface area contributed by atoms with Crippen molar-refractivity contribution in [1.82, 2.24) is 9.62 Å². The van der Waals surface area contributed by atoms with E-state index in [1.807, 2.05) is 25.1 Å². The first-order valence-electron chi connectivity index (χ1n) is 9.83. The lowest BCUT2D eigenvalue weighted by Crippen LogP contribution is -2.40. The number of amides is 1. The predicted molar refractivity (Wildman–Crippen MR) is 109 cm³/mol. The molecule has 1 N–H and O–H groups in total. The molecule has 1 saturated heterocycles. The maximum atomic E-state index is 12.7. The number of ether oxygens (including phenoxy) is 3. The molecule has 0 unspecified atom stereocenters.